The highest BCUT2D eigenvalue weighted by atomic mass is 16.5. The van der Waals surface area contributed by atoms with E-state index in [-0.39, 0.29) is 6.54 Å². The summed E-state index contributed by atoms with van der Waals surface area (Å²) in [7, 11) is 0. The van der Waals surface area contributed by atoms with E-state index in [1.165, 1.54) is 12.3 Å². The molecule has 1 aromatic heterocycles. The van der Waals surface area contributed by atoms with Crippen molar-refractivity contribution in [1.29, 1.82) is 0 Å². The van der Waals surface area contributed by atoms with E-state index < -0.39 is 11.5 Å². The van der Waals surface area contributed by atoms with Crippen LogP contribution >= 0.6 is 0 Å². The van der Waals surface area contributed by atoms with Gasteiger partial charge >= 0.3 is 5.97 Å². The van der Waals surface area contributed by atoms with E-state index in [2.05, 4.69) is 0 Å². The lowest BCUT2D eigenvalue weighted by Crippen LogP contribution is -2.22. The predicted molar refractivity (Wildman–Crippen MR) is 69.1 cm³/mol. The second kappa shape index (κ2) is 5.86. The van der Waals surface area contributed by atoms with Crippen LogP contribution in [0.4, 0.5) is 0 Å². The molecule has 1 aromatic carbocycles. The van der Waals surface area contributed by atoms with E-state index in [1.807, 2.05) is 30.3 Å². The van der Waals surface area contributed by atoms with E-state index in [1.54, 1.807) is 6.07 Å². The third-order valence-corrected chi connectivity index (χ3v) is 2.52. The maximum atomic E-state index is 11.6. The van der Waals surface area contributed by atoms with Gasteiger partial charge in [-0.05, 0) is 11.6 Å². The number of ether oxygens (including phenoxy) is 1. The number of rotatable bonds is 5. The number of nitrogens with zero attached hydrogens (tertiary/aromatic N) is 1. The molecule has 19 heavy (non-hydrogen) atoms. The van der Waals surface area contributed by atoms with Gasteiger partial charge < -0.3 is 14.4 Å². The third-order valence-electron chi connectivity index (χ3n) is 2.52. The topological polar surface area (TPSA) is 68.5 Å². The maximum Gasteiger partial charge on any atom is 0.323 e. The Morgan fingerprint density at radius 3 is 2.58 bits per heavy atom. The Morgan fingerprint density at radius 1 is 1.21 bits per heavy atom. The molecule has 2 aromatic rings. The molecule has 2 rings (SSSR count). The molecule has 0 spiro atoms. The van der Waals surface area contributed by atoms with Crippen LogP contribution in [-0.2, 0) is 17.9 Å². The lowest BCUT2D eigenvalue weighted by atomic mass is 10.2. The minimum atomic E-state index is -1.06. The van der Waals surface area contributed by atoms with Crippen molar-refractivity contribution in [1.82, 2.24) is 4.57 Å². The first-order valence-electron chi connectivity index (χ1n) is 5.74. The molecule has 1 heterocycles. The average Bonchev–Trinajstić information content (AvgIpc) is 2.40. The van der Waals surface area contributed by atoms with Crippen molar-refractivity contribution < 1.29 is 14.6 Å². The Bertz CT molecular complexity index is 619. The first kappa shape index (κ1) is 12.9. The summed E-state index contributed by atoms with van der Waals surface area (Å²) in [6.45, 7) is 0.0149. The summed E-state index contributed by atoms with van der Waals surface area (Å²) in [6.07, 6.45) is 1.41. The smallest absolute Gasteiger partial charge is 0.323 e. The van der Waals surface area contributed by atoms with E-state index >= 15 is 0 Å². The zero-order chi connectivity index (χ0) is 13.7. The Hall–Kier alpha value is -2.56. The summed E-state index contributed by atoms with van der Waals surface area (Å²) in [5.74, 6) is -0.629. The molecule has 0 radical (unpaired) electrons. The van der Waals surface area contributed by atoms with E-state index in [0.717, 1.165) is 10.1 Å². The van der Waals surface area contributed by atoms with Crippen molar-refractivity contribution >= 4 is 5.97 Å². The molecular weight excluding hydrogens is 246 g/mol. The van der Waals surface area contributed by atoms with Gasteiger partial charge in [0.15, 0.2) is 0 Å². The highest BCUT2D eigenvalue weighted by Gasteiger charge is 2.03. The minimum absolute atomic E-state index is 0.349. The molecule has 0 fully saturated rings. The third kappa shape index (κ3) is 3.70. The van der Waals surface area contributed by atoms with Gasteiger partial charge in [0.2, 0.25) is 0 Å². The van der Waals surface area contributed by atoms with E-state index in [9.17, 15) is 9.59 Å². The van der Waals surface area contributed by atoms with E-state index in [0.29, 0.717) is 12.4 Å². The Morgan fingerprint density at radius 2 is 1.95 bits per heavy atom. The normalized spacial score (nSPS) is 10.1. The molecule has 0 aliphatic rings. The van der Waals surface area contributed by atoms with Crippen LogP contribution in [0.25, 0.3) is 0 Å². The summed E-state index contributed by atoms with van der Waals surface area (Å²) in [6, 6.07) is 12.4. The maximum absolute atomic E-state index is 11.6. The molecule has 98 valence electrons. The summed E-state index contributed by atoms with van der Waals surface area (Å²) < 4.78 is 6.58. The van der Waals surface area contributed by atoms with Crippen LogP contribution < -0.4 is 10.3 Å². The van der Waals surface area contributed by atoms with Crippen molar-refractivity contribution in [2.24, 2.45) is 0 Å². The van der Waals surface area contributed by atoms with Crippen LogP contribution in [0.1, 0.15) is 5.56 Å². The Kier molecular flexibility index (Phi) is 3.97. The number of pyridine rings is 1. The zero-order valence-corrected chi connectivity index (χ0v) is 10.2. The number of aromatic nitrogens is 1. The number of carboxylic acids is 1. The number of hydrogen-bond donors (Lipinski definition) is 1. The second-order valence-corrected chi connectivity index (χ2v) is 4.00. The molecular formula is C14H13NO4. The van der Waals surface area contributed by atoms with Gasteiger partial charge in [0.25, 0.3) is 5.56 Å². The van der Waals surface area contributed by atoms with Gasteiger partial charge in [-0.2, -0.15) is 0 Å². The van der Waals surface area contributed by atoms with Crippen LogP contribution in [0, 0.1) is 0 Å². The molecule has 0 atom stereocenters. The fourth-order valence-electron chi connectivity index (χ4n) is 1.60. The predicted octanol–water partition coefficient (Wildman–Crippen LogP) is 1.51. The summed E-state index contributed by atoms with van der Waals surface area (Å²) in [5, 5.41) is 8.62. The van der Waals surface area contributed by atoms with Crippen molar-refractivity contribution in [3.05, 3.63) is 64.6 Å². The first-order valence-corrected chi connectivity index (χ1v) is 5.74. The van der Waals surface area contributed by atoms with E-state index in [4.69, 9.17) is 9.84 Å². The fraction of sp³-hybridized carbons (Fsp3) is 0.143. The molecule has 0 saturated carbocycles. The second-order valence-electron chi connectivity index (χ2n) is 4.00. The standard InChI is InChI=1S/C14H13NO4/c16-13-8-12(6-7-15(13)9-14(17)18)19-10-11-4-2-1-3-5-11/h1-8H,9-10H2,(H,17,18). The van der Waals surface area contributed by atoms with Crippen LogP contribution in [0.3, 0.4) is 0 Å². The summed E-state index contributed by atoms with van der Waals surface area (Å²) in [5.41, 5.74) is 0.602. The first-order chi connectivity index (χ1) is 9.15. The van der Waals surface area contributed by atoms with Crippen molar-refractivity contribution in [3.63, 3.8) is 0 Å². The monoisotopic (exact) mass is 259 g/mol. The number of hydrogen-bond acceptors (Lipinski definition) is 3. The highest BCUT2D eigenvalue weighted by Crippen LogP contribution is 2.09. The highest BCUT2D eigenvalue weighted by molar-refractivity contribution is 5.66. The lowest BCUT2D eigenvalue weighted by Gasteiger charge is -2.07. The molecule has 0 unspecified atom stereocenters. The van der Waals surface area contributed by atoms with Crippen molar-refractivity contribution in [3.8, 4) is 5.75 Å². The Balaban J connectivity index is 2.04. The van der Waals surface area contributed by atoms with Crippen molar-refractivity contribution in [2.75, 3.05) is 0 Å². The quantitative estimate of drug-likeness (QED) is 0.883. The molecule has 0 aliphatic carbocycles. The molecule has 1 N–H and O–H groups in total. The van der Waals surface area contributed by atoms with Gasteiger partial charge in [0.05, 0.1) is 0 Å². The van der Waals surface area contributed by atoms with Crippen LogP contribution in [0.2, 0.25) is 0 Å². The Labute approximate surface area is 109 Å². The van der Waals surface area contributed by atoms with Gasteiger partial charge in [0, 0.05) is 12.3 Å². The summed E-state index contributed by atoms with van der Waals surface area (Å²) in [4.78, 5) is 22.1. The minimum Gasteiger partial charge on any atom is -0.489 e. The lowest BCUT2D eigenvalue weighted by molar-refractivity contribution is -0.137. The zero-order valence-electron chi connectivity index (χ0n) is 10.2. The van der Waals surface area contributed by atoms with Gasteiger partial charge in [-0.25, -0.2) is 0 Å². The number of benzene rings is 1. The van der Waals surface area contributed by atoms with Crippen molar-refractivity contribution in [2.45, 2.75) is 13.2 Å². The molecule has 5 nitrogen and oxygen atoms in total. The van der Waals surface area contributed by atoms with Gasteiger partial charge in [-0.15, -0.1) is 0 Å². The van der Waals surface area contributed by atoms with Gasteiger partial charge in [0.1, 0.15) is 18.9 Å². The molecule has 0 saturated heterocycles. The van der Waals surface area contributed by atoms with Crippen LogP contribution in [0.15, 0.2) is 53.5 Å². The largest absolute Gasteiger partial charge is 0.489 e. The summed E-state index contributed by atoms with van der Waals surface area (Å²) >= 11 is 0. The van der Waals surface area contributed by atoms with Crippen LogP contribution in [-0.4, -0.2) is 15.6 Å². The van der Waals surface area contributed by atoms with Gasteiger partial charge in [-0.3, -0.25) is 9.59 Å². The average molecular weight is 259 g/mol. The molecule has 0 bridgehead atoms. The SMILES string of the molecule is O=C(O)Cn1ccc(OCc2ccccc2)cc1=O. The number of carbonyl (C=O) groups is 1. The number of carboxylic acid groups (broad SMARTS) is 1. The number of aliphatic carboxylic acids is 1. The molecule has 0 amide bonds. The van der Waals surface area contributed by atoms with Crippen LogP contribution in [0.5, 0.6) is 5.75 Å². The molecule has 5 heteroatoms. The molecule has 0 aliphatic heterocycles. The van der Waals surface area contributed by atoms with Gasteiger partial charge in [-0.1, -0.05) is 30.3 Å². The fourth-order valence-corrected chi connectivity index (χ4v) is 1.60.